The monoisotopic (exact) mass is 222 g/mol. The van der Waals surface area contributed by atoms with Crippen molar-refractivity contribution in [3.05, 3.63) is 28.8 Å². The molecule has 80 valence electrons. The molecule has 0 aliphatic carbocycles. The Morgan fingerprint density at radius 2 is 2.13 bits per heavy atom. The van der Waals surface area contributed by atoms with Gasteiger partial charge in [0.05, 0.1) is 16.3 Å². The minimum absolute atomic E-state index is 0.0315. The largest absolute Gasteiger partial charge is 0.379 e. The van der Waals surface area contributed by atoms with E-state index < -0.39 is 0 Å². The highest BCUT2D eigenvalue weighted by atomic mass is 35.5. The maximum atomic E-state index is 8.99. The fourth-order valence-electron chi connectivity index (χ4n) is 1.19. The predicted molar refractivity (Wildman–Crippen MR) is 64.2 cm³/mol. The van der Waals surface area contributed by atoms with Gasteiger partial charge in [0.1, 0.15) is 6.07 Å². The van der Waals surface area contributed by atoms with E-state index in [1.165, 1.54) is 0 Å². The Balaban J connectivity index is 3.06. The summed E-state index contributed by atoms with van der Waals surface area (Å²) in [6.07, 6.45) is 0.977. The van der Waals surface area contributed by atoms with E-state index in [1.807, 2.05) is 12.1 Å². The fourth-order valence-corrected chi connectivity index (χ4v) is 1.41. The highest BCUT2D eigenvalue weighted by molar-refractivity contribution is 6.32. The van der Waals surface area contributed by atoms with Crippen LogP contribution in [0.15, 0.2) is 18.2 Å². The lowest BCUT2D eigenvalue weighted by molar-refractivity contribution is 0.547. The molecule has 0 spiro atoms. The van der Waals surface area contributed by atoms with Crippen molar-refractivity contribution in [2.45, 2.75) is 32.7 Å². The molecular weight excluding hydrogens is 208 g/mol. The van der Waals surface area contributed by atoms with Crippen LogP contribution in [0.25, 0.3) is 0 Å². The van der Waals surface area contributed by atoms with Gasteiger partial charge in [-0.05, 0) is 32.4 Å². The summed E-state index contributed by atoms with van der Waals surface area (Å²) >= 11 is 5.94. The van der Waals surface area contributed by atoms with E-state index in [1.54, 1.807) is 6.07 Å². The third-order valence-corrected chi connectivity index (χ3v) is 2.80. The molecule has 0 fully saturated rings. The zero-order valence-corrected chi connectivity index (χ0v) is 10.0. The number of nitriles is 1. The zero-order valence-electron chi connectivity index (χ0n) is 9.26. The fraction of sp³-hybridized carbons (Fsp3) is 0.417. The third-order valence-electron chi connectivity index (χ3n) is 2.48. The SMILES string of the molecule is CCC(C)(C)Nc1cccc(Cl)c1C#N. The van der Waals surface area contributed by atoms with Crippen molar-refractivity contribution in [1.29, 1.82) is 5.26 Å². The molecule has 1 aromatic rings. The molecule has 0 aromatic heterocycles. The van der Waals surface area contributed by atoms with Crippen LogP contribution in [0.4, 0.5) is 5.69 Å². The average molecular weight is 223 g/mol. The summed E-state index contributed by atoms with van der Waals surface area (Å²) in [6.45, 7) is 6.29. The number of halogens is 1. The number of anilines is 1. The van der Waals surface area contributed by atoms with Gasteiger partial charge >= 0.3 is 0 Å². The van der Waals surface area contributed by atoms with Crippen molar-refractivity contribution in [2.75, 3.05) is 5.32 Å². The van der Waals surface area contributed by atoms with Crippen molar-refractivity contribution >= 4 is 17.3 Å². The quantitative estimate of drug-likeness (QED) is 0.844. The van der Waals surface area contributed by atoms with E-state index in [0.717, 1.165) is 12.1 Å². The average Bonchev–Trinajstić information content (AvgIpc) is 2.18. The number of nitrogens with one attached hydrogen (secondary N) is 1. The van der Waals surface area contributed by atoms with Crippen LogP contribution in [0.5, 0.6) is 0 Å². The molecule has 0 radical (unpaired) electrons. The standard InChI is InChI=1S/C12H15ClN2/c1-4-12(2,3)15-11-7-5-6-10(13)9(11)8-14/h5-7,15H,4H2,1-3H3. The summed E-state index contributed by atoms with van der Waals surface area (Å²) in [5.41, 5.74) is 1.29. The molecule has 0 amide bonds. The predicted octanol–water partition coefficient (Wildman–Crippen LogP) is 3.81. The van der Waals surface area contributed by atoms with Crippen molar-refractivity contribution < 1.29 is 0 Å². The summed E-state index contributed by atoms with van der Waals surface area (Å²) in [7, 11) is 0. The van der Waals surface area contributed by atoms with Gasteiger partial charge in [-0.25, -0.2) is 0 Å². The topological polar surface area (TPSA) is 35.8 Å². The van der Waals surface area contributed by atoms with Gasteiger partial charge < -0.3 is 5.32 Å². The molecule has 3 heteroatoms. The van der Waals surface area contributed by atoms with Gasteiger partial charge in [0.2, 0.25) is 0 Å². The smallest absolute Gasteiger partial charge is 0.103 e. The Bertz CT molecular complexity index is 391. The summed E-state index contributed by atoms with van der Waals surface area (Å²) in [5.74, 6) is 0. The highest BCUT2D eigenvalue weighted by Crippen LogP contribution is 2.26. The molecule has 0 aliphatic heterocycles. The van der Waals surface area contributed by atoms with Crippen molar-refractivity contribution in [3.63, 3.8) is 0 Å². The molecule has 0 bridgehead atoms. The second-order valence-corrected chi connectivity index (χ2v) is 4.54. The maximum absolute atomic E-state index is 8.99. The molecule has 0 saturated heterocycles. The molecule has 0 saturated carbocycles. The minimum Gasteiger partial charge on any atom is -0.379 e. The first kappa shape index (κ1) is 11.9. The van der Waals surface area contributed by atoms with Crippen LogP contribution in [0.2, 0.25) is 5.02 Å². The van der Waals surface area contributed by atoms with Crippen molar-refractivity contribution in [3.8, 4) is 6.07 Å². The van der Waals surface area contributed by atoms with Crippen molar-refractivity contribution in [1.82, 2.24) is 0 Å². The molecular formula is C12H15ClN2. The van der Waals surface area contributed by atoms with E-state index in [4.69, 9.17) is 16.9 Å². The Morgan fingerprint density at radius 1 is 1.47 bits per heavy atom. The first-order valence-corrected chi connectivity index (χ1v) is 5.35. The van der Waals surface area contributed by atoms with Gasteiger partial charge in [0, 0.05) is 5.54 Å². The van der Waals surface area contributed by atoms with E-state index in [-0.39, 0.29) is 5.54 Å². The lowest BCUT2D eigenvalue weighted by Crippen LogP contribution is -2.30. The number of nitrogens with zero attached hydrogens (tertiary/aromatic N) is 1. The first-order valence-electron chi connectivity index (χ1n) is 4.97. The van der Waals surface area contributed by atoms with Crippen LogP contribution in [-0.2, 0) is 0 Å². The summed E-state index contributed by atoms with van der Waals surface area (Å²) in [5, 5.41) is 12.8. The van der Waals surface area contributed by atoms with E-state index >= 15 is 0 Å². The molecule has 0 aliphatic rings. The van der Waals surface area contributed by atoms with Gasteiger partial charge in [-0.1, -0.05) is 24.6 Å². The van der Waals surface area contributed by atoms with Crippen LogP contribution < -0.4 is 5.32 Å². The lowest BCUT2D eigenvalue weighted by Gasteiger charge is -2.26. The second-order valence-electron chi connectivity index (χ2n) is 4.14. The Morgan fingerprint density at radius 3 is 2.67 bits per heavy atom. The molecule has 0 heterocycles. The van der Waals surface area contributed by atoms with Crippen molar-refractivity contribution in [2.24, 2.45) is 0 Å². The first-order chi connectivity index (χ1) is 7.00. The van der Waals surface area contributed by atoms with Gasteiger partial charge in [0.25, 0.3) is 0 Å². The van der Waals surface area contributed by atoms with E-state index in [0.29, 0.717) is 10.6 Å². The molecule has 0 atom stereocenters. The summed E-state index contributed by atoms with van der Waals surface area (Å²) in [6, 6.07) is 7.56. The molecule has 15 heavy (non-hydrogen) atoms. The van der Waals surface area contributed by atoms with E-state index in [2.05, 4.69) is 32.2 Å². The van der Waals surface area contributed by atoms with Crippen LogP contribution in [0, 0.1) is 11.3 Å². The minimum atomic E-state index is -0.0315. The van der Waals surface area contributed by atoms with Gasteiger partial charge in [0.15, 0.2) is 0 Å². The zero-order chi connectivity index (χ0) is 11.5. The van der Waals surface area contributed by atoms with Gasteiger partial charge in [-0.3, -0.25) is 0 Å². The highest BCUT2D eigenvalue weighted by Gasteiger charge is 2.16. The van der Waals surface area contributed by atoms with Crippen LogP contribution in [0.3, 0.4) is 0 Å². The summed E-state index contributed by atoms with van der Waals surface area (Å²) in [4.78, 5) is 0. The second kappa shape index (κ2) is 4.55. The molecule has 0 unspecified atom stereocenters. The third kappa shape index (κ3) is 2.87. The van der Waals surface area contributed by atoms with E-state index in [9.17, 15) is 0 Å². The Hall–Kier alpha value is -1.20. The number of benzene rings is 1. The normalized spacial score (nSPS) is 10.9. The Kier molecular flexibility index (Phi) is 3.60. The molecule has 2 nitrogen and oxygen atoms in total. The molecule has 1 aromatic carbocycles. The van der Waals surface area contributed by atoms with Crippen LogP contribution in [0.1, 0.15) is 32.8 Å². The van der Waals surface area contributed by atoms with Gasteiger partial charge in [-0.2, -0.15) is 5.26 Å². The Labute approximate surface area is 95.9 Å². The van der Waals surface area contributed by atoms with Crippen LogP contribution in [-0.4, -0.2) is 5.54 Å². The summed E-state index contributed by atoms with van der Waals surface area (Å²) < 4.78 is 0. The number of rotatable bonds is 3. The molecule has 1 rings (SSSR count). The van der Waals surface area contributed by atoms with Gasteiger partial charge in [-0.15, -0.1) is 0 Å². The van der Waals surface area contributed by atoms with Crippen LogP contribution >= 0.6 is 11.6 Å². The number of hydrogen-bond donors (Lipinski definition) is 1. The lowest BCUT2D eigenvalue weighted by atomic mass is 10.0. The maximum Gasteiger partial charge on any atom is 0.103 e. The number of hydrogen-bond acceptors (Lipinski definition) is 2. The molecule has 1 N–H and O–H groups in total.